The number of hydrogen-bond acceptors (Lipinski definition) is 4. The molecule has 2 aromatic carbocycles. The quantitative estimate of drug-likeness (QED) is 0.475. The summed E-state index contributed by atoms with van der Waals surface area (Å²) in [6, 6.07) is 17.2. The van der Waals surface area contributed by atoms with Crippen molar-refractivity contribution in [1.29, 1.82) is 0 Å². The Kier molecular flexibility index (Phi) is 10.1. The molecular weight excluding hydrogens is 402 g/mol. The third-order valence-electron chi connectivity index (χ3n) is 5.35. The lowest BCUT2D eigenvalue weighted by atomic mass is 9.99. The van der Waals surface area contributed by atoms with Gasteiger partial charge < -0.3 is 16.4 Å². The van der Waals surface area contributed by atoms with Crippen LogP contribution in [0.25, 0.3) is 0 Å². The van der Waals surface area contributed by atoms with E-state index in [1.165, 1.54) is 6.92 Å². The van der Waals surface area contributed by atoms with Crippen LogP contribution in [-0.2, 0) is 27.2 Å². The molecule has 0 radical (unpaired) electrons. The van der Waals surface area contributed by atoms with E-state index < -0.39 is 18.1 Å². The van der Waals surface area contributed by atoms with Gasteiger partial charge in [-0.15, -0.1) is 0 Å². The van der Waals surface area contributed by atoms with Crippen molar-refractivity contribution in [3.63, 3.8) is 0 Å². The molecule has 0 saturated carbocycles. The fourth-order valence-corrected chi connectivity index (χ4v) is 3.50. The Morgan fingerprint density at radius 1 is 0.812 bits per heavy atom. The van der Waals surface area contributed by atoms with E-state index in [9.17, 15) is 14.4 Å². The number of aryl methyl sites for hydroxylation is 1. The number of nitrogens with two attached hydrogens (primary N) is 1. The van der Waals surface area contributed by atoms with Crippen molar-refractivity contribution in [2.24, 2.45) is 11.7 Å². The van der Waals surface area contributed by atoms with Crippen LogP contribution < -0.4 is 16.4 Å². The summed E-state index contributed by atoms with van der Waals surface area (Å²) >= 11 is 0. The van der Waals surface area contributed by atoms with Crippen molar-refractivity contribution in [3.05, 3.63) is 71.8 Å². The van der Waals surface area contributed by atoms with Gasteiger partial charge in [0.05, 0.1) is 12.1 Å². The minimum Gasteiger partial charge on any atom is -0.344 e. The molecule has 0 aromatic heterocycles. The highest BCUT2D eigenvalue weighted by Gasteiger charge is 2.27. The van der Waals surface area contributed by atoms with Gasteiger partial charge in [0.2, 0.25) is 11.8 Å². The number of Topliss-reactive ketones (excluding diaryl/α,β-unsaturated/α-hetero) is 1. The van der Waals surface area contributed by atoms with Gasteiger partial charge in [-0.05, 0) is 49.7 Å². The second-order valence-corrected chi connectivity index (χ2v) is 8.68. The highest BCUT2D eigenvalue weighted by Crippen LogP contribution is 2.09. The first-order valence-electron chi connectivity index (χ1n) is 11.2. The van der Waals surface area contributed by atoms with Crippen LogP contribution in [0.2, 0.25) is 0 Å². The highest BCUT2D eigenvalue weighted by atomic mass is 16.2. The summed E-state index contributed by atoms with van der Waals surface area (Å²) in [7, 11) is 0. The lowest BCUT2D eigenvalue weighted by Gasteiger charge is -2.24. The Bertz CT molecular complexity index is 868. The molecule has 0 spiro atoms. The molecule has 0 bridgehead atoms. The standard InChI is InChI=1S/C26H35N3O3/c1-18(2)16-24(29-25(31)22(27)15-14-20-10-6-4-7-11-20)26(32)28-23(19(3)30)17-21-12-8-5-9-13-21/h4-13,18,22-24H,14-17,27H2,1-3H3,(H,28,32)(H,29,31)/t22-,23-,24-/m0/s1. The summed E-state index contributed by atoms with van der Waals surface area (Å²) in [6.07, 6.45) is 2.02. The fourth-order valence-electron chi connectivity index (χ4n) is 3.50. The highest BCUT2D eigenvalue weighted by molar-refractivity contribution is 5.93. The third kappa shape index (κ3) is 8.63. The zero-order chi connectivity index (χ0) is 23.5. The van der Waals surface area contributed by atoms with E-state index >= 15 is 0 Å². The van der Waals surface area contributed by atoms with E-state index in [0.717, 1.165) is 11.1 Å². The van der Waals surface area contributed by atoms with Crippen molar-refractivity contribution in [2.45, 2.75) is 64.6 Å². The van der Waals surface area contributed by atoms with Gasteiger partial charge >= 0.3 is 0 Å². The zero-order valence-corrected chi connectivity index (χ0v) is 19.2. The fraction of sp³-hybridized carbons (Fsp3) is 0.423. The van der Waals surface area contributed by atoms with Gasteiger partial charge in [-0.1, -0.05) is 74.5 Å². The number of amides is 2. The van der Waals surface area contributed by atoms with Crippen LogP contribution in [0.4, 0.5) is 0 Å². The van der Waals surface area contributed by atoms with E-state index in [0.29, 0.717) is 25.7 Å². The molecule has 0 heterocycles. The van der Waals surface area contributed by atoms with Crippen molar-refractivity contribution in [3.8, 4) is 0 Å². The van der Waals surface area contributed by atoms with Crippen molar-refractivity contribution < 1.29 is 14.4 Å². The maximum absolute atomic E-state index is 13.0. The van der Waals surface area contributed by atoms with Crippen LogP contribution in [0, 0.1) is 5.92 Å². The molecule has 2 rings (SSSR count). The summed E-state index contributed by atoms with van der Waals surface area (Å²) in [5, 5.41) is 5.63. The maximum atomic E-state index is 13.0. The lowest BCUT2D eigenvalue weighted by molar-refractivity contribution is -0.132. The molecule has 3 atom stereocenters. The molecule has 6 heteroatoms. The molecule has 0 fully saturated rings. The Labute approximate surface area is 191 Å². The third-order valence-corrected chi connectivity index (χ3v) is 5.35. The second kappa shape index (κ2) is 12.8. The van der Waals surface area contributed by atoms with Gasteiger partial charge in [0.25, 0.3) is 0 Å². The van der Waals surface area contributed by atoms with Crippen LogP contribution in [0.5, 0.6) is 0 Å². The first-order valence-corrected chi connectivity index (χ1v) is 11.2. The summed E-state index contributed by atoms with van der Waals surface area (Å²) < 4.78 is 0. The lowest BCUT2D eigenvalue weighted by Crippen LogP contribution is -2.55. The maximum Gasteiger partial charge on any atom is 0.243 e. The predicted molar refractivity (Wildman–Crippen MR) is 127 cm³/mol. The smallest absolute Gasteiger partial charge is 0.243 e. The molecule has 0 aliphatic heterocycles. The summed E-state index contributed by atoms with van der Waals surface area (Å²) in [5.41, 5.74) is 8.17. The summed E-state index contributed by atoms with van der Waals surface area (Å²) in [6.45, 7) is 5.42. The van der Waals surface area contributed by atoms with Crippen LogP contribution in [-0.4, -0.2) is 35.7 Å². The molecular formula is C26H35N3O3. The number of carbonyl (C=O) groups is 3. The average molecular weight is 438 g/mol. The Morgan fingerprint density at radius 3 is 1.88 bits per heavy atom. The molecule has 0 unspecified atom stereocenters. The molecule has 6 nitrogen and oxygen atoms in total. The molecule has 0 aliphatic carbocycles. The molecule has 2 amide bonds. The van der Waals surface area contributed by atoms with Crippen LogP contribution >= 0.6 is 0 Å². The van der Waals surface area contributed by atoms with Gasteiger partial charge in [0.15, 0.2) is 5.78 Å². The van der Waals surface area contributed by atoms with Gasteiger partial charge in [-0.3, -0.25) is 14.4 Å². The van der Waals surface area contributed by atoms with E-state index in [4.69, 9.17) is 5.73 Å². The summed E-state index contributed by atoms with van der Waals surface area (Å²) in [5.74, 6) is -0.671. The monoisotopic (exact) mass is 437 g/mol. The number of carbonyl (C=O) groups excluding carboxylic acids is 3. The summed E-state index contributed by atoms with van der Waals surface area (Å²) in [4.78, 5) is 37.8. The molecule has 32 heavy (non-hydrogen) atoms. The first kappa shape index (κ1) is 25.3. The van der Waals surface area contributed by atoms with Gasteiger partial charge in [0.1, 0.15) is 6.04 Å². The predicted octanol–water partition coefficient (Wildman–Crippen LogP) is 2.79. The van der Waals surface area contributed by atoms with Crippen LogP contribution in [0.1, 0.15) is 44.7 Å². The van der Waals surface area contributed by atoms with Gasteiger partial charge in [0, 0.05) is 0 Å². The Hall–Kier alpha value is -2.99. The number of nitrogens with one attached hydrogen (secondary N) is 2. The molecule has 2 aromatic rings. The zero-order valence-electron chi connectivity index (χ0n) is 19.2. The Morgan fingerprint density at radius 2 is 1.34 bits per heavy atom. The number of ketones is 1. The minimum absolute atomic E-state index is 0.128. The van der Waals surface area contributed by atoms with Crippen molar-refractivity contribution in [1.82, 2.24) is 10.6 Å². The number of benzene rings is 2. The average Bonchev–Trinajstić information content (AvgIpc) is 2.77. The normalized spacial score (nSPS) is 13.8. The second-order valence-electron chi connectivity index (χ2n) is 8.68. The van der Waals surface area contributed by atoms with Gasteiger partial charge in [-0.2, -0.15) is 0 Å². The minimum atomic E-state index is -0.747. The number of rotatable bonds is 12. The van der Waals surface area contributed by atoms with Gasteiger partial charge in [-0.25, -0.2) is 0 Å². The molecule has 4 N–H and O–H groups in total. The van der Waals surface area contributed by atoms with Crippen molar-refractivity contribution in [2.75, 3.05) is 0 Å². The van der Waals surface area contributed by atoms with E-state index in [1.807, 2.05) is 74.5 Å². The SMILES string of the molecule is CC(=O)[C@H](Cc1ccccc1)NC(=O)[C@H](CC(C)C)NC(=O)[C@@H](N)CCc1ccccc1. The molecule has 0 saturated heterocycles. The Balaban J connectivity index is 1.99. The topological polar surface area (TPSA) is 101 Å². The van der Waals surface area contributed by atoms with Crippen LogP contribution in [0.15, 0.2) is 60.7 Å². The molecule has 172 valence electrons. The van der Waals surface area contributed by atoms with E-state index in [-0.39, 0.29) is 23.5 Å². The van der Waals surface area contributed by atoms with E-state index in [2.05, 4.69) is 10.6 Å². The van der Waals surface area contributed by atoms with E-state index in [1.54, 1.807) is 0 Å². The first-order chi connectivity index (χ1) is 15.3. The number of hydrogen-bond donors (Lipinski definition) is 3. The van der Waals surface area contributed by atoms with Crippen molar-refractivity contribution >= 4 is 17.6 Å². The molecule has 0 aliphatic rings. The van der Waals surface area contributed by atoms with Crippen LogP contribution in [0.3, 0.4) is 0 Å². The largest absolute Gasteiger partial charge is 0.344 e.